The van der Waals surface area contributed by atoms with Crippen LogP contribution in [0.4, 0.5) is 10.1 Å². The van der Waals surface area contributed by atoms with Crippen molar-refractivity contribution in [1.82, 2.24) is 0 Å². The Kier molecular flexibility index (Phi) is 7.87. The summed E-state index contributed by atoms with van der Waals surface area (Å²) in [5, 5.41) is 3.06. The molecule has 0 aromatic heterocycles. The summed E-state index contributed by atoms with van der Waals surface area (Å²) in [6.07, 6.45) is 1.75. The summed E-state index contributed by atoms with van der Waals surface area (Å²) in [4.78, 5) is 4.27. The molecule has 2 aromatic rings. The third-order valence-corrected chi connectivity index (χ3v) is 3.23. The Labute approximate surface area is 147 Å². The molecule has 0 saturated carbocycles. The molecule has 0 aliphatic heterocycles. The summed E-state index contributed by atoms with van der Waals surface area (Å²) in [6, 6.07) is 14.5. The number of nitrogens with zero attached hydrogens (tertiary/aromatic N) is 1. The van der Waals surface area contributed by atoms with Crippen LogP contribution < -0.4 is 11.1 Å². The Morgan fingerprint density at radius 1 is 1.05 bits per heavy atom. The van der Waals surface area contributed by atoms with Crippen LogP contribution in [0.2, 0.25) is 0 Å². The molecule has 0 fully saturated rings. The van der Waals surface area contributed by atoms with E-state index in [2.05, 4.69) is 29.4 Å². The van der Waals surface area contributed by atoms with E-state index in [4.69, 9.17) is 5.73 Å². The lowest BCUT2D eigenvalue weighted by molar-refractivity contribution is 0.627. The molecule has 22 heavy (non-hydrogen) atoms. The topological polar surface area (TPSA) is 50.4 Å². The van der Waals surface area contributed by atoms with Gasteiger partial charge in [0.2, 0.25) is 0 Å². The fourth-order valence-corrected chi connectivity index (χ4v) is 1.97. The number of hydrogen-bond acceptors (Lipinski definition) is 1. The fraction of sp³-hybridized carbons (Fsp3) is 0.235. The van der Waals surface area contributed by atoms with Crippen LogP contribution in [0.15, 0.2) is 53.5 Å². The van der Waals surface area contributed by atoms with Gasteiger partial charge in [-0.1, -0.05) is 31.2 Å². The molecule has 2 aromatic carbocycles. The Hall–Kier alpha value is -1.63. The van der Waals surface area contributed by atoms with Gasteiger partial charge in [0.05, 0.1) is 0 Å². The van der Waals surface area contributed by atoms with Crippen LogP contribution in [0.1, 0.15) is 18.1 Å². The van der Waals surface area contributed by atoms with Gasteiger partial charge in [0.25, 0.3) is 0 Å². The molecule has 0 saturated heterocycles. The number of benzene rings is 2. The average Bonchev–Trinajstić information content (AvgIpc) is 2.50. The average molecular weight is 413 g/mol. The fourth-order valence-electron chi connectivity index (χ4n) is 1.97. The highest BCUT2D eigenvalue weighted by molar-refractivity contribution is 14.0. The second-order valence-electron chi connectivity index (χ2n) is 4.82. The van der Waals surface area contributed by atoms with E-state index in [1.165, 1.54) is 17.7 Å². The Balaban J connectivity index is 0.00000242. The van der Waals surface area contributed by atoms with Crippen LogP contribution in [0.5, 0.6) is 0 Å². The number of guanidine groups is 1. The molecule has 3 N–H and O–H groups in total. The molecule has 0 heterocycles. The number of anilines is 1. The monoisotopic (exact) mass is 413 g/mol. The zero-order chi connectivity index (χ0) is 15.1. The Morgan fingerprint density at radius 2 is 1.64 bits per heavy atom. The van der Waals surface area contributed by atoms with E-state index >= 15 is 0 Å². The van der Waals surface area contributed by atoms with E-state index in [0.29, 0.717) is 12.5 Å². The third-order valence-electron chi connectivity index (χ3n) is 3.23. The van der Waals surface area contributed by atoms with Crippen molar-refractivity contribution >= 4 is 35.6 Å². The second-order valence-corrected chi connectivity index (χ2v) is 4.82. The molecule has 2 rings (SSSR count). The van der Waals surface area contributed by atoms with E-state index in [-0.39, 0.29) is 29.8 Å². The van der Waals surface area contributed by atoms with Gasteiger partial charge >= 0.3 is 0 Å². The minimum Gasteiger partial charge on any atom is -0.370 e. The van der Waals surface area contributed by atoms with Crippen LogP contribution in [0, 0.1) is 5.82 Å². The smallest absolute Gasteiger partial charge is 0.193 e. The summed E-state index contributed by atoms with van der Waals surface area (Å²) < 4.78 is 12.8. The van der Waals surface area contributed by atoms with Gasteiger partial charge < -0.3 is 11.1 Å². The highest BCUT2D eigenvalue weighted by Crippen LogP contribution is 2.09. The van der Waals surface area contributed by atoms with Crippen LogP contribution in [0.25, 0.3) is 0 Å². The van der Waals surface area contributed by atoms with Crippen LogP contribution in [0.3, 0.4) is 0 Å². The normalized spacial score (nSPS) is 10.9. The summed E-state index contributed by atoms with van der Waals surface area (Å²) in [5.41, 5.74) is 9.10. The van der Waals surface area contributed by atoms with E-state index in [1.807, 2.05) is 12.1 Å². The number of nitrogens with one attached hydrogen (secondary N) is 1. The van der Waals surface area contributed by atoms with Crippen molar-refractivity contribution in [3.8, 4) is 0 Å². The first-order valence-corrected chi connectivity index (χ1v) is 7.07. The van der Waals surface area contributed by atoms with Crippen molar-refractivity contribution in [3.05, 3.63) is 65.5 Å². The largest absolute Gasteiger partial charge is 0.370 e. The molecule has 0 atom stereocenters. The molecule has 5 heteroatoms. The molecule has 0 aliphatic carbocycles. The van der Waals surface area contributed by atoms with Crippen LogP contribution in [-0.4, -0.2) is 12.5 Å². The molecular formula is C17H21FIN3. The van der Waals surface area contributed by atoms with E-state index in [9.17, 15) is 4.39 Å². The molecule has 0 amide bonds. The van der Waals surface area contributed by atoms with Crippen molar-refractivity contribution in [2.75, 3.05) is 11.9 Å². The SMILES string of the molecule is CCc1ccc(NC(N)=NCCc2ccc(F)cc2)cc1.I. The molecule has 118 valence electrons. The number of hydrogen-bond donors (Lipinski definition) is 2. The number of rotatable bonds is 5. The zero-order valence-electron chi connectivity index (χ0n) is 12.6. The van der Waals surface area contributed by atoms with Gasteiger partial charge in [0.1, 0.15) is 5.82 Å². The molecule has 0 aliphatic rings. The molecule has 3 nitrogen and oxygen atoms in total. The van der Waals surface area contributed by atoms with Gasteiger partial charge in [-0.15, -0.1) is 24.0 Å². The minimum absolute atomic E-state index is 0. The van der Waals surface area contributed by atoms with Gasteiger partial charge in [-0.3, -0.25) is 4.99 Å². The molecule has 0 radical (unpaired) electrons. The highest BCUT2D eigenvalue weighted by atomic mass is 127. The van der Waals surface area contributed by atoms with E-state index in [0.717, 1.165) is 24.1 Å². The maximum atomic E-state index is 12.8. The summed E-state index contributed by atoms with van der Waals surface area (Å²) in [5.74, 6) is 0.167. The standard InChI is InChI=1S/C17H20FN3.HI/c1-2-13-5-9-16(10-6-13)21-17(19)20-12-11-14-3-7-15(18)8-4-14;/h3-10H,2,11-12H2,1H3,(H3,19,20,21);1H. The maximum Gasteiger partial charge on any atom is 0.193 e. The number of aryl methyl sites for hydroxylation is 1. The quantitative estimate of drug-likeness (QED) is 0.443. The Bertz CT molecular complexity index is 594. The predicted octanol–water partition coefficient (Wildman–Crippen LogP) is 3.98. The first-order valence-electron chi connectivity index (χ1n) is 7.07. The summed E-state index contributed by atoms with van der Waals surface area (Å²) >= 11 is 0. The summed E-state index contributed by atoms with van der Waals surface area (Å²) in [7, 11) is 0. The number of halogens is 2. The molecule has 0 bridgehead atoms. The van der Waals surface area contributed by atoms with Crippen molar-refractivity contribution in [1.29, 1.82) is 0 Å². The first-order chi connectivity index (χ1) is 10.2. The van der Waals surface area contributed by atoms with E-state index in [1.54, 1.807) is 12.1 Å². The van der Waals surface area contributed by atoms with Crippen molar-refractivity contribution < 1.29 is 4.39 Å². The lowest BCUT2D eigenvalue weighted by Gasteiger charge is -2.06. The predicted molar refractivity (Wildman–Crippen MR) is 101 cm³/mol. The first kappa shape index (κ1) is 18.4. The van der Waals surface area contributed by atoms with Gasteiger partial charge in [0, 0.05) is 12.2 Å². The third kappa shape index (κ3) is 6.01. The van der Waals surface area contributed by atoms with Gasteiger partial charge in [-0.2, -0.15) is 0 Å². The van der Waals surface area contributed by atoms with Crippen molar-refractivity contribution in [2.45, 2.75) is 19.8 Å². The lowest BCUT2D eigenvalue weighted by Crippen LogP contribution is -2.23. The molecule has 0 spiro atoms. The van der Waals surface area contributed by atoms with Crippen LogP contribution >= 0.6 is 24.0 Å². The van der Waals surface area contributed by atoms with Gasteiger partial charge in [0.15, 0.2) is 5.96 Å². The number of nitrogens with two attached hydrogens (primary N) is 1. The van der Waals surface area contributed by atoms with E-state index < -0.39 is 0 Å². The number of aliphatic imine (C=N–C) groups is 1. The van der Waals surface area contributed by atoms with Crippen LogP contribution in [-0.2, 0) is 12.8 Å². The van der Waals surface area contributed by atoms with Gasteiger partial charge in [-0.05, 0) is 48.2 Å². The zero-order valence-corrected chi connectivity index (χ0v) is 14.9. The maximum absolute atomic E-state index is 12.8. The minimum atomic E-state index is -0.223. The molecule has 0 unspecified atom stereocenters. The summed E-state index contributed by atoms with van der Waals surface area (Å²) in [6.45, 7) is 2.69. The lowest BCUT2D eigenvalue weighted by atomic mass is 10.1. The van der Waals surface area contributed by atoms with Crippen molar-refractivity contribution in [3.63, 3.8) is 0 Å². The second kappa shape index (κ2) is 9.40. The highest BCUT2D eigenvalue weighted by Gasteiger charge is 1.97. The Morgan fingerprint density at radius 3 is 2.23 bits per heavy atom. The van der Waals surface area contributed by atoms with Crippen molar-refractivity contribution in [2.24, 2.45) is 10.7 Å². The van der Waals surface area contributed by atoms with Gasteiger partial charge in [-0.25, -0.2) is 4.39 Å². The molecular weight excluding hydrogens is 392 g/mol.